The van der Waals surface area contributed by atoms with Crippen molar-refractivity contribution >= 4 is 35.7 Å². The molecule has 11 heteroatoms. The minimum atomic E-state index is 0.293. The molecule has 0 amide bonds. The molecule has 0 radical (unpaired) electrons. The molecule has 0 saturated heterocycles. The fraction of sp³-hybridized carbons (Fsp3) is 0.100. The normalized spacial score (nSPS) is 11.3. The zero-order valence-electron chi connectivity index (χ0n) is 17.0. The van der Waals surface area contributed by atoms with E-state index in [1.165, 1.54) is 0 Å². The lowest BCUT2D eigenvalue weighted by Crippen LogP contribution is -2.05. The van der Waals surface area contributed by atoms with Gasteiger partial charge in [0.05, 0.1) is 12.4 Å². The predicted octanol–water partition coefficient (Wildman–Crippen LogP) is 2.58. The minimum Gasteiger partial charge on any atom is -0.340 e. The average molecular weight is 415 g/mol. The first-order chi connectivity index (χ1) is 15.2. The van der Waals surface area contributed by atoms with E-state index in [9.17, 15) is 0 Å². The van der Waals surface area contributed by atoms with Gasteiger partial charge >= 0.3 is 0 Å². The smallest absolute Gasteiger partial charge is 0.247 e. The minimum absolute atomic E-state index is 0.293. The summed E-state index contributed by atoms with van der Waals surface area (Å²) in [7, 11) is 3.78. The van der Waals surface area contributed by atoms with E-state index in [2.05, 4.69) is 46.3 Å². The van der Waals surface area contributed by atoms with Gasteiger partial charge in [0, 0.05) is 50.6 Å². The number of imidazole rings is 2. The van der Waals surface area contributed by atoms with E-state index < -0.39 is 0 Å². The zero-order valence-corrected chi connectivity index (χ0v) is 17.0. The second-order valence-corrected chi connectivity index (χ2v) is 6.49. The molecule has 4 aromatic rings. The van der Waals surface area contributed by atoms with Gasteiger partial charge in [-0.05, 0) is 12.1 Å². The largest absolute Gasteiger partial charge is 0.340 e. The van der Waals surface area contributed by atoms with Gasteiger partial charge in [-0.15, -0.1) is 0 Å². The molecule has 0 atom stereocenters. The van der Waals surface area contributed by atoms with E-state index in [0.717, 1.165) is 5.69 Å². The number of para-hydroxylation sites is 1. The van der Waals surface area contributed by atoms with Crippen molar-refractivity contribution in [3.8, 4) is 0 Å². The molecule has 0 fully saturated rings. The van der Waals surface area contributed by atoms with Gasteiger partial charge in [-0.3, -0.25) is 5.43 Å². The topological polar surface area (TPSA) is 122 Å². The van der Waals surface area contributed by atoms with Gasteiger partial charge < -0.3 is 14.5 Å². The highest BCUT2D eigenvalue weighted by molar-refractivity contribution is 5.76. The van der Waals surface area contributed by atoms with Crippen molar-refractivity contribution in [1.29, 1.82) is 0 Å². The number of anilines is 4. The number of hydrazone groups is 2. The third kappa shape index (κ3) is 5.29. The molecular formula is C20H21N11. The lowest BCUT2D eigenvalue weighted by atomic mass is 10.3. The molecule has 0 saturated carbocycles. The van der Waals surface area contributed by atoms with Gasteiger partial charge in [0.15, 0.2) is 17.5 Å². The van der Waals surface area contributed by atoms with Crippen LogP contribution in [0.15, 0.2) is 71.4 Å². The monoisotopic (exact) mass is 415 g/mol. The molecular weight excluding hydrogens is 394 g/mol. The van der Waals surface area contributed by atoms with Gasteiger partial charge in [-0.1, -0.05) is 18.2 Å². The molecule has 0 aliphatic rings. The maximum absolute atomic E-state index is 4.46. The number of benzene rings is 1. The summed E-state index contributed by atoms with van der Waals surface area (Å²) < 4.78 is 3.70. The maximum Gasteiger partial charge on any atom is 0.247 e. The first-order valence-corrected chi connectivity index (χ1v) is 9.41. The van der Waals surface area contributed by atoms with Crippen LogP contribution in [0.25, 0.3) is 0 Å². The Kier molecular flexibility index (Phi) is 5.93. The summed E-state index contributed by atoms with van der Waals surface area (Å²) in [5.41, 5.74) is 6.64. The molecule has 0 spiro atoms. The Morgan fingerprint density at radius 3 is 2.03 bits per heavy atom. The summed E-state index contributed by atoms with van der Waals surface area (Å²) in [6.45, 7) is 0. The molecule has 1 aromatic carbocycles. The van der Waals surface area contributed by atoms with Crippen LogP contribution in [0.5, 0.6) is 0 Å². The third-order valence-corrected chi connectivity index (χ3v) is 4.19. The molecule has 3 aromatic heterocycles. The fourth-order valence-corrected chi connectivity index (χ4v) is 2.59. The third-order valence-electron chi connectivity index (χ3n) is 4.19. The van der Waals surface area contributed by atoms with Crippen LogP contribution in [0.1, 0.15) is 11.6 Å². The van der Waals surface area contributed by atoms with E-state index in [1.807, 2.05) is 66.0 Å². The summed E-state index contributed by atoms with van der Waals surface area (Å²) in [6.07, 6.45) is 10.3. The van der Waals surface area contributed by atoms with Gasteiger partial charge in [-0.25, -0.2) is 15.4 Å². The number of hydrogen-bond donors (Lipinski definition) is 3. The van der Waals surface area contributed by atoms with Crippen LogP contribution < -0.4 is 16.2 Å². The van der Waals surface area contributed by atoms with E-state index in [4.69, 9.17) is 0 Å². The van der Waals surface area contributed by atoms with E-state index in [1.54, 1.807) is 30.9 Å². The number of nitrogens with one attached hydrogen (secondary N) is 3. The Labute approximate surface area is 178 Å². The van der Waals surface area contributed by atoms with Crippen LogP contribution in [0.2, 0.25) is 0 Å². The van der Waals surface area contributed by atoms with Crippen molar-refractivity contribution in [3.63, 3.8) is 0 Å². The predicted molar refractivity (Wildman–Crippen MR) is 121 cm³/mol. The van der Waals surface area contributed by atoms with Crippen molar-refractivity contribution in [2.75, 3.05) is 16.2 Å². The second-order valence-electron chi connectivity index (χ2n) is 6.49. The molecule has 0 bridgehead atoms. The van der Waals surface area contributed by atoms with Gasteiger partial charge in [-0.2, -0.15) is 20.2 Å². The Morgan fingerprint density at radius 2 is 1.42 bits per heavy atom. The van der Waals surface area contributed by atoms with Crippen LogP contribution in [0, 0.1) is 0 Å². The lowest BCUT2D eigenvalue weighted by molar-refractivity contribution is 0.901. The summed E-state index contributed by atoms with van der Waals surface area (Å²) in [6, 6.07) is 11.5. The molecule has 3 heterocycles. The molecule has 0 aliphatic carbocycles. The number of hydrogen-bond acceptors (Lipinski definition) is 9. The molecule has 4 rings (SSSR count). The molecule has 31 heavy (non-hydrogen) atoms. The van der Waals surface area contributed by atoms with Crippen molar-refractivity contribution in [2.45, 2.75) is 0 Å². The van der Waals surface area contributed by atoms with Crippen molar-refractivity contribution in [2.24, 2.45) is 24.3 Å². The summed E-state index contributed by atoms with van der Waals surface area (Å²) in [4.78, 5) is 17.3. The number of aromatic nitrogens is 6. The Balaban J connectivity index is 1.54. The quantitative estimate of drug-likeness (QED) is 0.299. The molecule has 11 nitrogen and oxygen atoms in total. The highest BCUT2D eigenvalue weighted by Crippen LogP contribution is 2.19. The average Bonchev–Trinajstić information content (AvgIpc) is 3.37. The van der Waals surface area contributed by atoms with Crippen LogP contribution in [0.4, 0.5) is 23.3 Å². The second kappa shape index (κ2) is 9.31. The van der Waals surface area contributed by atoms with Crippen molar-refractivity contribution in [3.05, 3.63) is 72.8 Å². The number of aryl methyl sites for hydroxylation is 2. The van der Waals surface area contributed by atoms with Gasteiger partial charge in [0.2, 0.25) is 5.95 Å². The first kappa shape index (κ1) is 19.8. The Morgan fingerprint density at radius 1 is 0.806 bits per heavy atom. The van der Waals surface area contributed by atoms with E-state index in [0.29, 0.717) is 29.2 Å². The SMILES string of the molecule is Cn1ccnc1C=NNc1cc(Nc2ccccc2)nc(NN=Cc2nccn2C)n1. The van der Waals surface area contributed by atoms with E-state index in [-0.39, 0.29) is 0 Å². The number of nitrogens with zero attached hydrogens (tertiary/aromatic N) is 8. The molecule has 0 aliphatic heterocycles. The molecule has 0 unspecified atom stereocenters. The standard InChI is InChI=1S/C20H21N11/c1-30-10-8-21-18(30)13-23-28-17-12-16(25-15-6-4-3-5-7-15)26-20(27-17)29-24-14-19-22-9-11-31(19)2/h3-14H,1-2H3,(H3,25,26,27,28,29). The van der Waals surface area contributed by atoms with Crippen molar-refractivity contribution < 1.29 is 0 Å². The Bertz CT molecular complexity index is 1120. The lowest BCUT2D eigenvalue weighted by Gasteiger charge is -2.09. The summed E-state index contributed by atoms with van der Waals surface area (Å²) >= 11 is 0. The molecule has 156 valence electrons. The van der Waals surface area contributed by atoms with Crippen LogP contribution in [-0.4, -0.2) is 41.5 Å². The molecule has 3 N–H and O–H groups in total. The summed E-state index contributed by atoms with van der Waals surface area (Å²) in [5, 5.41) is 11.6. The van der Waals surface area contributed by atoms with Crippen LogP contribution in [0.3, 0.4) is 0 Å². The van der Waals surface area contributed by atoms with E-state index >= 15 is 0 Å². The number of rotatable bonds is 8. The summed E-state index contributed by atoms with van der Waals surface area (Å²) in [5.74, 6) is 2.76. The first-order valence-electron chi connectivity index (χ1n) is 9.41. The maximum atomic E-state index is 4.46. The van der Waals surface area contributed by atoms with Crippen LogP contribution in [-0.2, 0) is 14.1 Å². The Hall–Kier alpha value is -4.54. The fourth-order valence-electron chi connectivity index (χ4n) is 2.59. The van der Waals surface area contributed by atoms with Crippen LogP contribution >= 0.6 is 0 Å². The van der Waals surface area contributed by atoms with Crippen molar-refractivity contribution in [1.82, 2.24) is 29.1 Å². The van der Waals surface area contributed by atoms with Gasteiger partial charge in [0.1, 0.15) is 5.82 Å². The highest BCUT2D eigenvalue weighted by Gasteiger charge is 2.05. The zero-order chi connectivity index (χ0) is 21.5. The highest BCUT2D eigenvalue weighted by atomic mass is 15.4. The van der Waals surface area contributed by atoms with Gasteiger partial charge in [0.25, 0.3) is 0 Å².